The Labute approximate surface area is 80.0 Å². The van der Waals surface area contributed by atoms with Gasteiger partial charge in [0.05, 0.1) is 0 Å². The number of hydrogen-bond acceptors (Lipinski definition) is 2. The zero-order chi connectivity index (χ0) is 9.68. The molecule has 0 aromatic rings. The lowest BCUT2D eigenvalue weighted by Crippen LogP contribution is -2.03. The molecule has 0 amide bonds. The van der Waals surface area contributed by atoms with Gasteiger partial charge >= 0.3 is 5.97 Å². The fourth-order valence-electron chi connectivity index (χ4n) is 1.42. The summed E-state index contributed by atoms with van der Waals surface area (Å²) in [6.07, 6.45) is 8.31. The predicted molar refractivity (Wildman–Crippen MR) is 52.4 cm³/mol. The highest BCUT2D eigenvalue weighted by Gasteiger charge is 2.26. The second-order valence-electron chi connectivity index (χ2n) is 3.58. The average molecular weight is 182 g/mol. The van der Waals surface area contributed by atoms with Crippen molar-refractivity contribution in [3.8, 4) is 0 Å². The van der Waals surface area contributed by atoms with Gasteiger partial charge in [-0.05, 0) is 24.5 Å². The molecule has 1 rings (SSSR count). The van der Waals surface area contributed by atoms with Crippen molar-refractivity contribution in [1.82, 2.24) is 0 Å². The molecule has 1 aliphatic carbocycles. The lowest BCUT2D eigenvalue weighted by Gasteiger charge is -2.00. The number of carbonyl (C=O) groups is 1. The number of rotatable bonds is 6. The number of ether oxygens (including phenoxy) is 1. The van der Waals surface area contributed by atoms with E-state index in [1.807, 2.05) is 6.08 Å². The first-order valence-corrected chi connectivity index (χ1v) is 5.12. The van der Waals surface area contributed by atoms with Crippen LogP contribution in [0, 0.1) is 0 Å². The van der Waals surface area contributed by atoms with Gasteiger partial charge in [-0.3, -0.25) is 4.79 Å². The Morgan fingerprint density at radius 2 is 2.23 bits per heavy atom. The Kier molecular flexibility index (Phi) is 4.00. The van der Waals surface area contributed by atoms with E-state index < -0.39 is 0 Å². The van der Waals surface area contributed by atoms with Crippen LogP contribution in [0.15, 0.2) is 11.6 Å². The number of unbranched alkanes of at least 4 members (excludes halogenated alkanes) is 3. The van der Waals surface area contributed by atoms with Crippen molar-refractivity contribution in [3.05, 3.63) is 11.6 Å². The summed E-state index contributed by atoms with van der Waals surface area (Å²) in [4.78, 5) is 10.6. The second-order valence-corrected chi connectivity index (χ2v) is 3.58. The van der Waals surface area contributed by atoms with E-state index in [0.717, 1.165) is 6.42 Å². The monoisotopic (exact) mass is 182 g/mol. The maximum Gasteiger partial charge on any atom is 0.303 e. The summed E-state index contributed by atoms with van der Waals surface area (Å²) in [7, 11) is 0. The quantitative estimate of drug-likeness (QED) is 0.358. The standard InChI is InChI=1S/C11H18O2/c1-3-4-5-6-7-10-8-11(10)13-9(2)12/h8,11H,3-7H2,1-2H3. The SMILES string of the molecule is CCCCCCC1=CC1OC(C)=O. The molecule has 0 aromatic heterocycles. The van der Waals surface area contributed by atoms with Gasteiger partial charge in [0.25, 0.3) is 0 Å². The molecule has 74 valence electrons. The molecule has 0 saturated heterocycles. The molecule has 1 atom stereocenters. The minimum atomic E-state index is -0.176. The molecule has 0 fully saturated rings. The van der Waals surface area contributed by atoms with E-state index in [4.69, 9.17) is 4.74 Å². The molecule has 0 N–H and O–H groups in total. The minimum absolute atomic E-state index is 0.0547. The molecule has 0 aromatic carbocycles. The van der Waals surface area contributed by atoms with Crippen LogP contribution in [0.3, 0.4) is 0 Å². The van der Waals surface area contributed by atoms with E-state index >= 15 is 0 Å². The van der Waals surface area contributed by atoms with Crippen LogP contribution in [0.25, 0.3) is 0 Å². The van der Waals surface area contributed by atoms with E-state index in [-0.39, 0.29) is 12.1 Å². The van der Waals surface area contributed by atoms with E-state index in [0.29, 0.717) is 0 Å². The molecule has 0 spiro atoms. The average Bonchev–Trinajstić information content (AvgIpc) is 2.76. The largest absolute Gasteiger partial charge is 0.454 e. The highest BCUT2D eigenvalue weighted by Crippen LogP contribution is 2.29. The summed E-state index contributed by atoms with van der Waals surface area (Å²) in [6, 6.07) is 0. The molecule has 13 heavy (non-hydrogen) atoms. The van der Waals surface area contributed by atoms with Gasteiger partial charge in [-0.1, -0.05) is 26.2 Å². The van der Waals surface area contributed by atoms with E-state index in [1.165, 1.54) is 38.2 Å². The summed E-state index contributed by atoms with van der Waals surface area (Å²) in [5, 5.41) is 0. The summed E-state index contributed by atoms with van der Waals surface area (Å²) in [5.41, 5.74) is 1.31. The maximum absolute atomic E-state index is 10.6. The van der Waals surface area contributed by atoms with Crippen LogP contribution in [-0.4, -0.2) is 12.1 Å². The Bertz CT molecular complexity index is 206. The van der Waals surface area contributed by atoms with E-state index in [1.54, 1.807) is 0 Å². The van der Waals surface area contributed by atoms with Gasteiger partial charge in [0.1, 0.15) is 6.10 Å². The minimum Gasteiger partial charge on any atom is -0.454 e. The van der Waals surface area contributed by atoms with Crippen LogP contribution in [-0.2, 0) is 9.53 Å². The Hall–Kier alpha value is -0.790. The molecule has 0 saturated carbocycles. The highest BCUT2D eigenvalue weighted by molar-refractivity contribution is 5.67. The van der Waals surface area contributed by atoms with Crippen molar-refractivity contribution in [3.63, 3.8) is 0 Å². The van der Waals surface area contributed by atoms with Gasteiger partial charge < -0.3 is 4.74 Å². The lowest BCUT2D eigenvalue weighted by atomic mass is 10.1. The number of hydrogen-bond donors (Lipinski definition) is 0. The summed E-state index contributed by atoms with van der Waals surface area (Å²) in [5.74, 6) is -0.176. The maximum atomic E-state index is 10.6. The zero-order valence-corrected chi connectivity index (χ0v) is 8.51. The van der Waals surface area contributed by atoms with Gasteiger partial charge in [-0.2, -0.15) is 0 Å². The Morgan fingerprint density at radius 3 is 2.85 bits per heavy atom. The highest BCUT2D eigenvalue weighted by atomic mass is 16.5. The van der Waals surface area contributed by atoms with Crippen molar-refractivity contribution in [1.29, 1.82) is 0 Å². The molecule has 2 nitrogen and oxygen atoms in total. The third-order valence-corrected chi connectivity index (χ3v) is 2.23. The lowest BCUT2D eigenvalue weighted by molar-refractivity contribution is -0.141. The molecule has 0 bridgehead atoms. The molecule has 0 heterocycles. The van der Waals surface area contributed by atoms with Crippen molar-refractivity contribution < 1.29 is 9.53 Å². The second kappa shape index (κ2) is 5.05. The predicted octanol–water partition coefficient (Wildman–Crippen LogP) is 2.83. The topological polar surface area (TPSA) is 26.3 Å². The van der Waals surface area contributed by atoms with Crippen LogP contribution < -0.4 is 0 Å². The smallest absolute Gasteiger partial charge is 0.303 e. The van der Waals surface area contributed by atoms with Gasteiger partial charge in [0.2, 0.25) is 0 Å². The normalized spacial score (nSPS) is 19.5. The molecular weight excluding hydrogens is 164 g/mol. The summed E-state index contributed by atoms with van der Waals surface area (Å²) >= 11 is 0. The fraction of sp³-hybridized carbons (Fsp3) is 0.727. The molecule has 1 aliphatic rings. The molecule has 1 unspecified atom stereocenters. The van der Waals surface area contributed by atoms with Gasteiger partial charge in [-0.25, -0.2) is 0 Å². The van der Waals surface area contributed by atoms with Crippen LogP contribution in [0.5, 0.6) is 0 Å². The van der Waals surface area contributed by atoms with Crippen molar-refractivity contribution in [2.45, 2.75) is 52.1 Å². The third kappa shape index (κ3) is 4.11. The van der Waals surface area contributed by atoms with Gasteiger partial charge in [-0.15, -0.1) is 0 Å². The van der Waals surface area contributed by atoms with E-state index in [2.05, 4.69) is 6.92 Å². The van der Waals surface area contributed by atoms with Gasteiger partial charge in [0.15, 0.2) is 0 Å². The van der Waals surface area contributed by atoms with Crippen LogP contribution in [0.4, 0.5) is 0 Å². The molecule has 2 heteroatoms. The molecule has 0 radical (unpaired) electrons. The Morgan fingerprint density at radius 1 is 1.46 bits per heavy atom. The van der Waals surface area contributed by atoms with Crippen LogP contribution in [0.1, 0.15) is 46.0 Å². The third-order valence-electron chi connectivity index (χ3n) is 2.23. The summed E-state index contributed by atoms with van der Waals surface area (Å²) < 4.78 is 5.00. The first kappa shape index (κ1) is 10.3. The van der Waals surface area contributed by atoms with E-state index in [9.17, 15) is 4.79 Å². The van der Waals surface area contributed by atoms with Crippen molar-refractivity contribution in [2.75, 3.05) is 0 Å². The first-order chi connectivity index (χ1) is 6.24. The summed E-state index contributed by atoms with van der Waals surface area (Å²) in [6.45, 7) is 3.67. The van der Waals surface area contributed by atoms with Crippen molar-refractivity contribution >= 4 is 5.97 Å². The van der Waals surface area contributed by atoms with Crippen LogP contribution >= 0.6 is 0 Å². The van der Waals surface area contributed by atoms with Crippen LogP contribution in [0.2, 0.25) is 0 Å². The zero-order valence-electron chi connectivity index (χ0n) is 8.51. The van der Waals surface area contributed by atoms with Crippen molar-refractivity contribution in [2.24, 2.45) is 0 Å². The fourth-order valence-corrected chi connectivity index (χ4v) is 1.42. The molecular formula is C11H18O2. The number of esters is 1. The first-order valence-electron chi connectivity index (χ1n) is 5.12. The Balaban J connectivity index is 1.95. The molecule has 0 aliphatic heterocycles. The number of carbonyl (C=O) groups excluding carboxylic acids is 1. The van der Waals surface area contributed by atoms with Gasteiger partial charge in [0, 0.05) is 6.92 Å².